The van der Waals surface area contributed by atoms with Gasteiger partial charge >= 0.3 is 10.1 Å². The van der Waals surface area contributed by atoms with Crippen molar-refractivity contribution in [3.05, 3.63) is 99.7 Å². The van der Waals surface area contributed by atoms with Gasteiger partial charge in [-0.3, -0.25) is 10.1 Å². The van der Waals surface area contributed by atoms with Gasteiger partial charge in [0.2, 0.25) is 0 Å². The molecule has 4 N–H and O–H groups in total. The third-order valence-electron chi connectivity index (χ3n) is 5.80. The van der Waals surface area contributed by atoms with E-state index in [1.807, 2.05) is 42.6 Å². The topological polar surface area (TPSA) is 147 Å². The summed E-state index contributed by atoms with van der Waals surface area (Å²) in [4.78, 5) is 13.6. The monoisotopic (exact) mass is 524 g/mol. The lowest BCUT2D eigenvalue weighted by atomic mass is 10.1. The van der Waals surface area contributed by atoms with Crippen molar-refractivity contribution in [2.24, 2.45) is 0 Å². The van der Waals surface area contributed by atoms with Crippen LogP contribution in [0, 0.1) is 10.1 Å². The Bertz CT molecular complexity index is 1500. The van der Waals surface area contributed by atoms with E-state index in [-0.39, 0.29) is 11.4 Å². The fourth-order valence-electron chi connectivity index (χ4n) is 4.04. The number of benzene rings is 3. The molecule has 0 amide bonds. The van der Waals surface area contributed by atoms with Crippen LogP contribution in [0.4, 0.5) is 11.4 Å². The summed E-state index contributed by atoms with van der Waals surface area (Å²) in [6.45, 7) is 1.37. The van der Waals surface area contributed by atoms with E-state index in [1.165, 1.54) is 12.1 Å². The predicted molar refractivity (Wildman–Crippen MR) is 142 cm³/mol. The first-order valence-electron chi connectivity index (χ1n) is 11.6. The molecule has 11 heteroatoms. The molecule has 4 rings (SSSR count). The van der Waals surface area contributed by atoms with E-state index < -0.39 is 21.1 Å². The molecular formula is C26H28N4O6S. The number of rotatable bonds is 12. The molecule has 0 radical (unpaired) electrons. The number of hydrogen-bond donors (Lipinski definition) is 4. The molecule has 37 heavy (non-hydrogen) atoms. The van der Waals surface area contributed by atoms with E-state index >= 15 is 0 Å². The average Bonchev–Trinajstić information content (AvgIpc) is 3.29. The zero-order chi connectivity index (χ0) is 26.4. The molecule has 0 bridgehead atoms. The number of aromatic amines is 1. The number of aliphatic hydroxyl groups is 1. The zero-order valence-corrected chi connectivity index (χ0v) is 21.0. The van der Waals surface area contributed by atoms with E-state index in [0.29, 0.717) is 31.6 Å². The summed E-state index contributed by atoms with van der Waals surface area (Å²) in [5.74, 6) is 0.258. The Morgan fingerprint density at radius 2 is 1.89 bits per heavy atom. The van der Waals surface area contributed by atoms with Gasteiger partial charge in [-0.25, -0.2) is 0 Å². The standard InChI is InChI=1S/C26H28N4O6S/c1-37(34,35)36-25-10-4-9-23-20(16-29-26(23)25)11-12-27-17-24(31)19-6-3-7-21(14-19)28-15-18-5-2-8-22(13-18)30(32)33/h2-10,13-14,16,24,27-29,31H,11-12,15,17H2,1H3/t24-/m0/s1. The maximum Gasteiger partial charge on any atom is 0.306 e. The lowest BCUT2D eigenvalue weighted by molar-refractivity contribution is -0.384. The number of H-pyrrole nitrogens is 1. The average molecular weight is 525 g/mol. The second-order valence-electron chi connectivity index (χ2n) is 8.66. The second kappa shape index (κ2) is 11.4. The summed E-state index contributed by atoms with van der Waals surface area (Å²) in [5.41, 5.74) is 4.00. The minimum atomic E-state index is -3.63. The number of nitro benzene ring substituents is 1. The van der Waals surface area contributed by atoms with Crippen molar-refractivity contribution in [2.75, 3.05) is 24.7 Å². The van der Waals surface area contributed by atoms with Gasteiger partial charge in [0.15, 0.2) is 5.75 Å². The highest BCUT2D eigenvalue weighted by atomic mass is 32.2. The van der Waals surface area contributed by atoms with Crippen molar-refractivity contribution in [2.45, 2.75) is 19.1 Å². The quantitative estimate of drug-likeness (QED) is 0.0945. The van der Waals surface area contributed by atoms with Crippen LogP contribution in [0.1, 0.15) is 22.8 Å². The molecular weight excluding hydrogens is 496 g/mol. The highest BCUT2D eigenvalue weighted by molar-refractivity contribution is 7.86. The lowest BCUT2D eigenvalue weighted by Gasteiger charge is -2.14. The van der Waals surface area contributed by atoms with Crippen molar-refractivity contribution in [1.29, 1.82) is 0 Å². The SMILES string of the molecule is CS(=O)(=O)Oc1cccc2c(CCNC[C@H](O)c3cccc(NCc4cccc([N+](=O)[O-])c4)c3)c[nH]c12. The van der Waals surface area contributed by atoms with Crippen LogP contribution < -0.4 is 14.8 Å². The molecule has 0 fully saturated rings. The molecule has 0 aliphatic heterocycles. The van der Waals surface area contributed by atoms with Crippen molar-refractivity contribution in [3.63, 3.8) is 0 Å². The summed E-state index contributed by atoms with van der Waals surface area (Å²) in [6.07, 6.45) is 2.78. The molecule has 0 unspecified atom stereocenters. The minimum absolute atomic E-state index is 0.0462. The molecule has 1 atom stereocenters. The molecule has 194 valence electrons. The molecule has 0 saturated heterocycles. The highest BCUT2D eigenvalue weighted by Gasteiger charge is 2.13. The van der Waals surface area contributed by atoms with E-state index in [2.05, 4.69) is 15.6 Å². The fourth-order valence-corrected chi connectivity index (χ4v) is 4.51. The lowest BCUT2D eigenvalue weighted by Crippen LogP contribution is -2.23. The number of nitrogens with zero attached hydrogens (tertiary/aromatic N) is 1. The van der Waals surface area contributed by atoms with Crippen molar-refractivity contribution in [3.8, 4) is 5.75 Å². The Balaban J connectivity index is 1.29. The largest absolute Gasteiger partial charge is 0.387 e. The zero-order valence-electron chi connectivity index (χ0n) is 20.2. The summed E-state index contributed by atoms with van der Waals surface area (Å²) in [7, 11) is -3.63. The van der Waals surface area contributed by atoms with Gasteiger partial charge < -0.3 is 24.9 Å². The number of nitrogens with one attached hydrogen (secondary N) is 3. The first-order valence-corrected chi connectivity index (χ1v) is 13.5. The molecule has 0 saturated carbocycles. The Kier molecular flexibility index (Phi) is 8.07. The second-order valence-corrected chi connectivity index (χ2v) is 10.2. The van der Waals surface area contributed by atoms with Crippen LogP contribution >= 0.6 is 0 Å². The molecule has 0 aliphatic carbocycles. The number of aromatic nitrogens is 1. The molecule has 1 aromatic heterocycles. The third-order valence-corrected chi connectivity index (χ3v) is 6.28. The highest BCUT2D eigenvalue weighted by Crippen LogP contribution is 2.28. The van der Waals surface area contributed by atoms with Crippen LogP contribution in [0.2, 0.25) is 0 Å². The number of para-hydroxylation sites is 1. The van der Waals surface area contributed by atoms with Crippen LogP contribution in [0.5, 0.6) is 5.75 Å². The molecule has 0 spiro atoms. The van der Waals surface area contributed by atoms with Crippen LogP contribution in [0.15, 0.2) is 72.9 Å². The number of anilines is 1. The Morgan fingerprint density at radius 1 is 1.11 bits per heavy atom. The van der Waals surface area contributed by atoms with E-state index in [9.17, 15) is 23.6 Å². The number of hydrogen-bond acceptors (Lipinski definition) is 8. The van der Waals surface area contributed by atoms with Crippen molar-refractivity contribution >= 4 is 32.4 Å². The van der Waals surface area contributed by atoms with Gasteiger partial charge in [0, 0.05) is 42.5 Å². The smallest absolute Gasteiger partial charge is 0.306 e. The maximum atomic E-state index is 11.5. The number of nitro groups is 1. The molecule has 1 heterocycles. The normalized spacial score (nSPS) is 12.4. The predicted octanol–water partition coefficient (Wildman–Crippen LogP) is 3.89. The summed E-state index contributed by atoms with van der Waals surface area (Å²) in [5, 5.41) is 29.0. The number of fused-ring (bicyclic) bond motifs is 1. The molecule has 0 aliphatic rings. The van der Waals surface area contributed by atoms with Gasteiger partial charge in [-0.05, 0) is 47.9 Å². The van der Waals surface area contributed by atoms with E-state index in [0.717, 1.165) is 34.0 Å². The summed E-state index contributed by atoms with van der Waals surface area (Å²) < 4.78 is 28.1. The Labute approximate surface area is 214 Å². The Hall–Kier alpha value is -3.93. The van der Waals surface area contributed by atoms with Crippen LogP contribution in [0.25, 0.3) is 10.9 Å². The molecule has 4 aromatic rings. The van der Waals surface area contributed by atoms with Crippen LogP contribution in [0.3, 0.4) is 0 Å². The Morgan fingerprint density at radius 3 is 2.68 bits per heavy atom. The first-order chi connectivity index (χ1) is 17.7. The van der Waals surface area contributed by atoms with Gasteiger partial charge in [-0.1, -0.05) is 36.4 Å². The van der Waals surface area contributed by atoms with Gasteiger partial charge in [0.1, 0.15) is 0 Å². The molecule has 10 nitrogen and oxygen atoms in total. The fraction of sp³-hybridized carbons (Fsp3) is 0.231. The van der Waals surface area contributed by atoms with Crippen molar-refractivity contribution in [1.82, 2.24) is 10.3 Å². The summed E-state index contributed by atoms with van der Waals surface area (Å²) >= 11 is 0. The van der Waals surface area contributed by atoms with Crippen LogP contribution in [-0.2, 0) is 23.1 Å². The minimum Gasteiger partial charge on any atom is -0.387 e. The van der Waals surface area contributed by atoms with Gasteiger partial charge in [0.25, 0.3) is 5.69 Å². The van der Waals surface area contributed by atoms with E-state index in [4.69, 9.17) is 4.18 Å². The first kappa shape index (κ1) is 26.1. The van der Waals surface area contributed by atoms with Gasteiger partial charge in [-0.2, -0.15) is 8.42 Å². The van der Waals surface area contributed by atoms with Gasteiger partial charge in [0.05, 0.1) is 22.8 Å². The summed E-state index contributed by atoms with van der Waals surface area (Å²) in [6, 6.07) is 19.1. The van der Waals surface area contributed by atoms with E-state index in [1.54, 1.807) is 18.2 Å². The number of non-ortho nitro benzene ring substituents is 1. The molecule has 3 aromatic carbocycles. The maximum absolute atomic E-state index is 11.5. The number of aliphatic hydroxyl groups excluding tert-OH is 1. The third kappa shape index (κ3) is 7.06. The van der Waals surface area contributed by atoms with Crippen LogP contribution in [-0.4, -0.2) is 42.8 Å². The van der Waals surface area contributed by atoms with Gasteiger partial charge in [-0.15, -0.1) is 0 Å². The van der Waals surface area contributed by atoms with Crippen molar-refractivity contribution < 1.29 is 22.6 Å².